The van der Waals surface area contributed by atoms with Crippen LogP contribution in [0.5, 0.6) is 5.88 Å². The van der Waals surface area contributed by atoms with E-state index in [0.717, 1.165) is 12.8 Å². The van der Waals surface area contributed by atoms with Gasteiger partial charge in [-0.05, 0) is 24.6 Å². The third kappa shape index (κ3) is 3.03. The Hall–Kier alpha value is -1.62. The van der Waals surface area contributed by atoms with Gasteiger partial charge in [0, 0.05) is 19.5 Å². The summed E-state index contributed by atoms with van der Waals surface area (Å²) in [5.74, 6) is 0.206. The van der Waals surface area contributed by atoms with E-state index in [-0.39, 0.29) is 24.8 Å². The van der Waals surface area contributed by atoms with Crippen LogP contribution in [0.25, 0.3) is 16.9 Å². The highest BCUT2D eigenvalue weighted by Crippen LogP contribution is 2.43. The summed E-state index contributed by atoms with van der Waals surface area (Å²) >= 11 is 4.82. The zero-order valence-electron chi connectivity index (χ0n) is 13.2. The van der Waals surface area contributed by atoms with E-state index in [4.69, 9.17) is 25.6 Å². The molecule has 1 aliphatic rings. The van der Waals surface area contributed by atoms with Gasteiger partial charge >= 0.3 is 6.72 Å². The van der Waals surface area contributed by atoms with Crippen molar-refractivity contribution in [1.82, 2.24) is 23.9 Å². The molecule has 3 atom stereocenters. The Morgan fingerprint density at radius 1 is 1.44 bits per heavy atom. The summed E-state index contributed by atoms with van der Waals surface area (Å²) in [7, 11) is 1.31. The van der Waals surface area contributed by atoms with E-state index in [1.54, 1.807) is 23.1 Å². The number of nitrogens with zero attached hydrogens (tertiary/aromatic N) is 5. The van der Waals surface area contributed by atoms with Crippen LogP contribution in [0.4, 0.5) is 0 Å². The third-order valence-electron chi connectivity index (χ3n) is 4.08. The fraction of sp³-hybridized carbons (Fsp3) is 0.462. The molecule has 0 spiro atoms. The first kappa shape index (κ1) is 16.8. The van der Waals surface area contributed by atoms with Gasteiger partial charge < -0.3 is 23.8 Å². The molecule has 0 aromatic carbocycles. The minimum Gasteiger partial charge on any atom is -0.492 e. The molecule has 1 saturated heterocycles. The largest absolute Gasteiger partial charge is 0.492 e. The maximum absolute atomic E-state index is 10.0. The van der Waals surface area contributed by atoms with Crippen molar-refractivity contribution in [2.45, 2.75) is 25.2 Å². The zero-order chi connectivity index (χ0) is 17.6. The summed E-state index contributed by atoms with van der Waals surface area (Å²) in [5, 5.41) is 10.0. The van der Waals surface area contributed by atoms with Crippen LogP contribution in [0.1, 0.15) is 19.1 Å². The number of aromatic nitrogens is 5. The molecule has 4 rings (SSSR count). The van der Waals surface area contributed by atoms with E-state index in [9.17, 15) is 10.00 Å². The fourth-order valence-electron chi connectivity index (χ4n) is 2.90. The van der Waals surface area contributed by atoms with Crippen LogP contribution in [0, 0.1) is 0 Å². The number of hydrogen-bond acceptors (Lipinski definition) is 8. The molecule has 3 aromatic heterocycles. The Kier molecular flexibility index (Phi) is 4.22. The highest BCUT2D eigenvalue weighted by atomic mass is 32.5. The highest BCUT2D eigenvalue weighted by molar-refractivity contribution is 8.07. The second-order valence-corrected chi connectivity index (χ2v) is 8.54. The Morgan fingerprint density at radius 3 is 3.08 bits per heavy atom. The van der Waals surface area contributed by atoms with Gasteiger partial charge in [0.1, 0.15) is 6.23 Å². The summed E-state index contributed by atoms with van der Waals surface area (Å²) in [6.45, 7) is -3.04. The molecule has 3 unspecified atom stereocenters. The molecule has 0 amide bonds. The monoisotopic (exact) mass is 385 g/mol. The lowest BCUT2D eigenvalue weighted by Gasteiger charge is -2.18. The molecule has 25 heavy (non-hydrogen) atoms. The van der Waals surface area contributed by atoms with E-state index < -0.39 is 6.72 Å². The van der Waals surface area contributed by atoms with Crippen LogP contribution in [0.3, 0.4) is 0 Å². The van der Waals surface area contributed by atoms with Gasteiger partial charge in [-0.1, -0.05) is 0 Å². The molecule has 0 bridgehead atoms. The number of fused-ring (bicyclic) bond motifs is 3. The Bertz CT molecular complexity index is 974. The molecule has 0 radical (unpaired) electrons. The van der Waals surface area contributed by atoms with Gasteiger partial charge in [-0.2, -0.15) is 4.98 Å². The third-order valence-corrected chi connectivity index (χ3v) is 5.78. The van der Waals surface area contributed by atoms with E-state index >= 15 is 0 Å². The van der Waals surface area contributed by atoms with Crippen LogP contribution in [0.2, 0.25) is 0 Å². The standard InChI is InChI=1S/C13H16N5O5PS/c1-21-24(20,25)22-6-8-2-3-9(23-8)18-7-15-10-11(19)16-13-14-4-5-17(13)12(10)18/h4-5,7-9H,2-3,6H2,1H3,(H,20,25)(H,14,16,19). The minimum atomic E-state index is -3.20. The lowest BCUT2D eigenvalue weighted by Crippen LogP contribution is -2.16. The van der Waals surface area contributed by atoms with Crippen molar-refractivity contribution >= 4 is 35.5 Å². The average molecular weight is 385 g/mol. The second-order valence-electron chi connectivity index (χ2n) is 5.59. The zero-order valence-corrected chi connectivity index (χ0v) is 14.9. The lowest BCUT2D eigenvalue weighted by atomic mass is 10.2. The number of aromatic hydroxyl groups is 1. The molecule has 3 aromatic rings. The van der Waals surface area contributed by atoms with E-state index in [2.05, 4.69) is 15.0 Å². The van der Waals surface area contributed by atoms with Gasteiger partial charge in [0.2, 0.25) is 11.7 Å². The molecule has 2 N–H and O–H groups in total. The molecule has 1 aliphatic heterocycles. The topological polar surface area (TPSA) is 116 Å². The highest BCUT2D eigenvalue weighted by Gasteiger charge is 2.30. The summed E-state index contributed by atoms with van der Waals surface area (Å²) in [5.41, 5.74) is 1.02. The SMILES string of the molecule is COP(O)(=S)OCC1CCC(n2cnc3c(O)nc4nccn4c32)O1. The summed E-state index contributed by atoms with van der Waals surface area (Å²) < 4.78 is 19.5. The van der Waals surface area contributed by atoms with Gasteiger partial charge in [-0.15, -0.1) is 0 Å². The van der Waals surface area contributed by atoms with Gasteiger partial charge in [0.25, 0.3) is 0 Å². The van der Waals surface area contributed by atoms with Gasteiger partial charge in [-0.3, -0.25) is 8.97 Å². The van der Waals surface area contributed by atoms with Crippen molar-refractivity contribution in [2.75, 3.05) is 13.7 Å². The van der Waals surface area contributed by atoms with Crippen molar-refractivity contribution in [3.05, 3.63) is 18.7 Å². The van der Waals surface area contributed by atoms with E-state index in [0.29, 0.717) is 16.9 Å². The van der Waals surface area contributed by atoms with E-state index in [1.807, 2.05) is 4.57 Å². The molecule has 0 aliphatic carbocycles. The van der Waals surface area contributed by atoms with Crippen molar-refractivity contribution in [3.8, 4) is 5.88 Å². The maximum atomic E-state index is 10.0. The predicted molar refractivity (Wildman–Crippen MR) is 90.6 cm³/mol. The van der Waals surface area contributed by atoms with Crippen molar-refractivity contribution < 1.29 is 23.8 Å². The quantitative estimate of drug-likeness (QED) is 0.628. The molecule has 134 valence electrons. The van der Waals surface area contributed by atoms with Crippen molar-refractivity contribution in [3.63, 3.8) is 0 Å². The lowest BCUT2D eigenvalue weighted by molar-refractivity contribution is -0.0184. The molecule has 12 heteroatoms. The molecular weight excluding hydrogens is 369 g/mol. The number of ether oxygens (including phenoxy) is 1. The van der Waals surface area contributed by atoms with Gasteiger partial charge in [-0.25, -0.2) is 9.97 Å². The molecular formula is C13H16N5O5PS. The van der Waals surface area contributed by atoms with Crippen LogP contribution >= 0.6 is 6.72 Å². The first-order valence-corrected chi connectivity index (χ1v) is 10.1. The molecule has 1 fully saturated rings. The van der Waals surface area contributed by atoms with Crippen LogP contribution in [0.15, 0.2) is 18.7 Å². The summed E-state index contributed by atoms with van der Waals surface area (Å²) in [6, 6.07) is 0. The molecule has 10 nitrogen and oxygen atoms in total. The average Bonchev–Trinajstić information content (AvgIpc) is 3.30. The smallest absolute Gasteiger partial charge is 0.324 e. The van der Waals surface area contributed by atoms with Gasteiger partial charge in [0.15, 0.2) is 11.2 Å². The molecule has 4 heterocycles. The first-order chi connectivity index (χ1) is 12.0. The van der Waals surface area contributed by atoms with Crippen LogP contribution < -0.4 is 0 Å². The Morgan fingerprint density at radius 2 is 2.28 bits per heavy atom. The second kappa shape index (κ2) is 6.27. The van der Waals surface area contributed by atoms with Gasteiger partial charge in [0.05, 0.1) is 19.0 Å². The maximum Gasteiger partial charge on any atom is 0.324 e. The van der Waals surface area contributed by atoms with Crippen molar-refractivity contribution in [1.29, 1.82) is 0 Å². The van der Waals surface area contributed by atoms with E-state index in [1.165, 1.54) is 7.11 Å². The normalized spacial score (nSPS) is 23.4. The number of rotatable bonds is 5. The molecule has 0 saturated carbocycles. The van der Waals surface area contributed by atoms with Crippen LogP contribution in [-0.2, 0) is 25.6 Å². The predicted octanol–water partition coefficient (Wildman–Crippen LogP) is 1.34. The summed E-state index contributed by atoms with van der Waals surface area (Å²) in [6.07, 6.45) is 5.89. The Balaban J connectivity index is 1.60. The fourth-order valence-corrected chi connectivity index (χ4v) is 3.54. The minimum absolute atomic E-state index is 0.151. The number of imidazole rings is 2. The summed E-state index contributed by atoms with van der Waals surface area (Å²) in [4.78, 5) is 22.0. The number of hydrogen-bond donors (Lipinski definition) is 2. The Labute approximate surface area is 147 Å². The van der Waals surface area contributed by atoms with Crippen molar-refractivity contribution in [2.24, 2.45) is 0 Å². The first-order valence-electron chi connectivity index (χ1n) is 7.55. The van der Waals surface area contributed by atoms with Crippen LogP contribution in [-0.4, -0.2) is 53.7 Å².